The molecule has 1 heterocycles. The molecule has 1 fully saturated rings. The summed E-state index contributed by atoms with van der Waals surface area (Å²) in [6.07, 6.45) is -1.51. The van der Waals surface area contributed by atoms with Crippen LogP contribution in [0.3, 0.4) is 0 Å². The first-order valence-electron chi connectivity index (χ1n) is 12.7. The molecule has 2 aromatic carbocycles. The minimum atomic E-state index is -0.994. The van der Waals surface area contributed by atoms with Gasteiger partial charge in [-0.15, -0.1) is 0 Å². The molecule has 38 heavy (non-hydrogen) atoms. The number of nitrogens with zero attached hydrogens (tertiary/aromatic N) is 2. The number of hydrogen-bond acceptors (Lipinski definition) is 5. The average molecular weight is 551 g/mol. The number of amides is 2. The molecule has 0 radical (unpaired) electrons. The van der Waals surface area contributed by atoms with Gasteiger partial charge in [-0.2, -0.15) is 0 Å². The van der Waals surface area contributed by atoms with E-state index in [9.17, 15) is 19.5 Å². The maximum Gasteiger partial charge on any atom is 1.00 e. The van der Waals surface area contributed by atoms with Gasteiger partial charge in [0.05, 0.1) is 0 Å². The SMILES string of the molecule is CC(C)CC(OC(c1ccccc1)c1ccc(C(=O)N2CCN(C(=O)OC(C)(C)C)CC2)cc1)C(=O)O.[H-].[K+]. The van der Waals surface area contributed by atoms with Crippen LogP contribution in [-0.4, -0.2) is 70.8 Å². The van der Waals surface area contributed by atoms with E-state index in [0.29, 0.717) is 38.2 Å². The first kappa shape index (κ1) is 32.5. The molecular weight excluding hydrogens is 511 g/mol. The van der Waals surface area contributed by atoms with Crippen molar-refractivity contribution in [1.29, 1.82) is 0 Å². The normalized spacial score (nSPS) is 15.4. The molecule has 8 nitrogen and oxygen atoms in total. The summed E-state index contributed by atoms with van der Waals surface area (Å²) in [6, 6.07) is 16.6. The molecule has 1 aliphatic rings. The van der Waals surface area contributed by atoms with E-state index in [-0.39, 0.29) is 70.7 Å². The van der Waals surface area contributed by atoms with Gasteiger partial charge in [-0.1, -0.05) is 56.3 Å². The minimum absolute atomic E-state index is 0. The largest absolute Gasteiger partial charge is 1.00 e. The van der Waals surface area contributed by atoms with Crippen molar-refractivity contribution in [3.05, 3.63) is 71.3 Å². The molecule has 0 spiro atoms. The Morgan fingerprint density at radius 1 is 0.895 bits per heavy atom. The molecule has 0 bridgehead atoms. The van der Waals surface area contributed by atoms with E-state index in [1.165, 1.54) is 0 Å². The molecular formula is C29H39KN2O6. The van der Waals surface area contributed by atoms with Crippen LogP contribution >= 0.6 is 0 Å². The van der Waals surface area contributed by atoms with Gasteiger partial charge in [-0.3, -0.25) is 4.79 Å². The summed E-state index contributed by atoms with van der Waals surface area (Å²) in [6.45, 7) is 11.1. The van der Waals surface area contributed by atoms with E-state index in [0.717, 1.165) is 11.1 Å². The number of carboxylic acid groups (broad SMARTS) is 1. The van der Waals surface area contributed by atoms with Crippen molar-refractivity contribution in [2.24, 2.45) is 5.92 Å². The van der Waals surface area contributed by atoms with Crippen LogP contribution in [0.1, 0.15) is 70.1 Å². The molecule has 1 aliphatic heterocycles. The van der Waals surface area contributed by atoms with Crippen LogP contribution in [-0.2, 0) is 14.3 Å². The van der Waals surface area contributed by atoms with Crippen molar-refractivity contribution < 1.29 is 81.8 Å². The van der Waals surface area contributed by atoms with E-state index in [1.807, 2.05) is 77.1 Å². The molecule has 9 heteroatoms. The number of aliphatic carboxylic acids is 1. The second kappa shape index (κ2) is 14.6. The van der Waals surface area contributed by atoms with Gasteiger partial charge in [0.25, 0.3) is 5.91 Å². The summed E-state index contributed by atoms with van der Waals surface area (Å²) in [5.74, 6) is -0.948. The third-order valence-corrected chi connectivity index (χ3v) is 6.04. The second-order valence-corrected chi connectivity index (χ2v) is 10.8. The Kier molecular flexibility index (Phi) is 12.5. The van der Waals surface area contributed by atoms with Crippen LogP contribution < -0.4 is 51.4 Å². The van der Waals surface area contributed by atoms with Crippen molar-refractivity contribution in [1.82, 2.24) is 9.80 Å². The fourth-order valence-corrected chi connectivity index (χ4v) is 4.19. The summed E-state index contributed by atoms with van der Waals surface area (Å²) in [7, 11) is 0. The van der Waals surface area contributed by atoms with Gasteiger partial charge in [0.15, 0.2) is 6.10 Å². The number of carbonyl (C=O) groups is 3. The number of rotatable bonds is 8. The van der Waals surface area contributed by atoms with Gasteiger partial charge in [0.1, 0.15) is 11.7 Å². The third-order valence-electron chi connectivity index (χ3n) is 6.04. The van der Waals surface area contributed by atoms with Gasteiger partial charge in [-0.05, 0) is 56.4 Å². The molecule has 0 aromatic heterocycles. The molecule has 2 aromatic rings. The van der Waals surface area contributed by atoms with Crippen LogP contribution in [0.5, 0.6) is 0 Å². The Bertz CT molecular complexity index is 1070. The topological polar surface area (TPSA) is 96.4 Å². The number of hydrogen-bond donors (Lipinski definition) is 1. The zero-order valence-corrected chi connectivity index (χ0v) is 26.5. The van der Waals surface area contributed by atoms with Crippen LogP contribution in [0.2, 0.25) is 0 Å². The minimum Gasteiger partial charge on any atom is -1.00 e. The van der Waals surface area contributed by atoms with E-state index in [1.54, 1.807) is 21.9 Å². The summed E-state index contributed by atoms with van der Waals surface area (Å²) < 4.78 is 11.6. The molecule has 1 saturated heterocycles. The zero-order valence-electron chi connectivity index (χ0n) is 24.3. The average Bonchev–Trinajstić information content (AvgIpc) is 2.85. The van der Waals surface area contributed by atoms with Crippen LogP contribution in [0.4, 0.5) is 4.79 Å². The molecule has 0 aliphatic carbocycles. The van der Waals surface area contributed by atoms with E-state index in [4.69, 9.17) is 9.47 Å². The Morgan fingerprint density at radius 3 is 1.92 bits per heavy atom. The quantitative estimate of drug-likeness (QED) is 0.506. The maximum absolute atomic E-state index is 13.1. The van der Waals surface area contributed by atoms with Gasteiger partial charge in [-0.25, -0.2) is 9.59 Å². The number of carboxylic acids is 1. The van der Waals surface area contributed by atoms with Gasteiger partial charge >= 0.3 is 63.4 Å². The molecule has 2 unspecified atom stereocenters. The van der Waals surface area contributed by atoms with E-state index >= 15 is 0 Å². The maximum atomic E-state index is 13.1. The fraction of sp³-hybridized carbons (Fsp3) is 0.483. The van der Waals surface area contributed by atoms with Crippen LogP contribution in [0, 0.1) is 5.92 Å². The van der Waals surface area contributed by atoms with Gasteiger partial charge < -0.3 is 25.8 Å². The van der Waals surface area contributed by atoms with Crippen LogP contribution in [0.25, 0.3) is 0 Å². The molecule has 2 atom stereocenters. The summed E-state index contributed by atoms with van der Waals surface area (Å²) in [4.78, 5) is 40.7. The summed E-state index contributed by atoms with van der Waals surface area (Å²) >= 11 is 0. The molecule has 1 N–H and O–H groups in total. The molecule has 3 rings (SSSR count). The van der Waals surface area contributed by atoms with Gasteiger partial charge in [0.2, 0.25) is 0 Å². The van der Waals surface area contributed by atoms with Crippen molar-refractivity contribution in [2.45, 2.75) is 58.8 Å². The second-order valence-electron chi connectivity index (χ2n) is 10.8. The summed E-state index contributed by atoms with van der Waals surface area (Å²) in [5.41, 5.74) is 1.58. The van der Waals surface area contributed by atoms with E-state index < -0.39 is 23.8 Å². The standard InChI is InChI=1S/C29H38N2O6.K.H/c1-20(2)19-24(27(33)34)36-25(21-9-7-6-8-10-21)22-11-13-23(14-12-22)26(32)30-15-17-31(18-16-30)28(35)37-29(3,4)5;;/h6-14,20,24-25H,15-19H2,1-5H3,(H,33,34);;/q;+1;-1. The first-order chi connectivity index (χ1) is 17.4. The fourth-order valence-electron chi connectivity index (χ4n) is 4.19. The monoisotopic (exact) mass is 550 g/mol. The number of piperazine rings is 1. The Hall–Kier alpha value is -1.75. The Labute approximate surface area is 269 Å². The first-order valence-corrected chi connectivity index (χ1v) is 12.7. The van der Waals surface area contributed by atoms with Crippen molar-refractivity contribution in [3.63, 3.8) is 0 Å². The predicted molar refractivity (Wildman–Crippen MR) is 142 cm³/mol. The Balaban J connectivity index is 0.00000380. The van der Waals surface area contributed by atoms with Crippen molar-refractivity contribution >= 4 is 18.0 Å². The van der Waals surface area contributed by atoms with Gasteiger partial charge in [0, 0.05) is 31.7 Å². The van der Waals surface area contributed by atoms with Crippen LogP contribution in [0.15, 0.2) is 54.6 Å². The van der Waals surface area contributed by atoms with Crippen molar-refractivity contribution in [3.8, 4) is 0 Å². The molecule has 0 saturated carbocycles. The molecule has 202 valence electrons. The molecule has 2 amide bonds. The summed E-state index contributed by atoms with van der Waals surface area (Å²) in [5, 5.41) is 9.73. The Morgan fingerprint density at radius 2 is 1.42 bits per heavy atom. The smallest absolute Gasteiger partial charge is 1.00 e. The number of carbonyl (C=O) groups excluding carboxylic acids is 2. The van der Waals surface area contributed by atoms with Crippen molar-refractivity contribution in [2.75, 3.05) is 26.2 Å². The third kappa shape index (κ3) is 9.46. The van der Waals surface area contributed by atoms with E-state index in [2.05, 4.69) is 0 Å². The number of benzene rings is 2. The zero-order chi connectivity index (χ0) is 27.2. The predicted octanol–water partition coefficient (Wildman–Crippen LogP) is 2.10. The number of ether oxygens (including phenoxy) is 2.